The van der Waals surface area contributed by atoms with Crippen LogP contribution in [0.1, 0.15) is 25.7 Å². The lowest BCUT2D eigenvalue weighted by atomic mass is 9.84. The zero-order valence-corrected chi connectivity index (χ0v) is 15.6. The van der Waals surface area contributed by atoms with E-state index < -0.39 is 36.2 Å². The number of alkyl halides is 3. The Morgan fingerprint density at radius 1 is 1.17 bits per heavy atom. The molecule has 2 fully saturated rings. The lowest BCUT2D eigenvalue weighted by molar-refractivity contribution is -0.277. The highest BCUT2D eigenvalue weighted by atomic mass is 19.4. The highest BCUT2D eigenvalue weighted by Gasteiger charge is 2.65. The maximum atomic E-state index is 13.3. The van der Waals surface area contributed by atoms with E-state index in [0.29, 0.717) is 29.9 Å². The van der Waals surface area contributed by atoms with E-state index in [-0.39, 0.29) is 6.54 Å². The van der Waals surface area contributed by atoms with Crippen LogP contribution in [0.25, 0.3) is 22.3 Å². The number of nitrogens with zero attached hydrogens (tertiary/aromatic N) is 4. The van der Waals surface area contributed by atoms with Crippen LogP contribution in [0.2, 0.25) is 0 Å². The number of aromatic amines is 2. The number of hydrogen-bond acceptors (Lipinski definition) is 5. The highest BCUT2D eigenvalue weighted by Crippen LogP contribution is 2.55. The zero-order chi connectivity index (χ0) is 21.1. The molecule has 1 saturated heterocycles. The van der Waals surface area contributed by atoms with Crippen LogP contribution in [-0.2, 0) is 0 Å². The summed E-state index contributed by atoms with van der Waals surface area (Å²) in [4.78, 5) is 18.6. The molecule has 1 unspecified atom stereocenters. The van der Waals surface area contributed by atoms with Crippen molar-refractivity contribution in [1.29, 1.82) is 0 Å². The minimum Gasteiger partial charge on any atom is -0.380 e. The average Bonchev–Trinajstić information content (AvgIpc) is 3.08. The summed E-state index contributed by atoms with van der Waals surface area (Å²) in [7, 11) is 0. The third-order valence-electron chi connectivity index (χ3n) is 6.00. The topological polar surface area (TPSA) is 123 Å². The van der Waals surface area contributed by atoms with Crippen LogP contribution in [-0.4, -0.2) is 65.3 Å². The van der Waals surface area contributed by atoms with E-state index in [2.05, 4.69) is 30.7 Å². The van der Waals surface area contributed by atoms with E-state index in [1.165, 1.54) is 11.1 Å². The number of urea groups is 1. The van der Waals surface area contributed by atoms with Crippen LogP contribution in [0, 0.1) is 0 Å². The zero-order valence-electron chi connectivity index (χ0n) is 15.6. The van der Waals surface area contributed by atoms with E-state index in [1.807, 2.05) is 0 Å². The van der Waals surface area contributed by atoms with E-state index >= 15 is 0 Å². The molecule has 4 heterocycles. The third-order valence-corrected chi connectivity index (χ3v) is 6.00. The molecule has 1 saturated carbocycles. The van der Waals surface area contributed by atoms with Crippen molar-refractivity contribution in [2.45, 2.75) is 43.0 Å². The van der Waals surface area contributed by atoms with Crippen molar-refractivity contribution >= 4 is 22.6 Å². The maximum Gasteiger partial charge on any atom is 0.417 e. The van der Waals surface area contributed by atoms with E-state index in [9.17, 15) is 23.1 Å². The molecule has 0 radical (unpaired) electrons. The first-order valence-corrected chi connectivity index (χ1v) is 9.41. The fraction of sp³-hybridized carbons (Fsp3) is 0.444. The monoisotopic (exact) mass is 421 g/mol. The van der Waals surface area contributed by atoms with E-state index in [4.69, 9.17) is 0 Å². The minimum atomic E-state index is -4.72. The SMILES string of the molecule is O=C(Nc1cn[nH]c1-c1cc2[nH]ncc2cn1)N1CCC(O)(C(F)(F)F)CC12CC2. The molecule has 12 heteroatoms. The molecule has 3 aromatic rings. The summed E-state index contributed by atoms with van der Waals surface area (Å²) in [5.41, 5.74) is -1.63. The molecule has 1 aliphatic heterocycles. The molecular weight excluding hydrogens is 403 g/mol. The summed E-state index contributed by atoms with van der Waals surface area (Å²) in [6.07, 6.45) is -0.251. The van der Waals surface area contributed by atoms with Gasteiger partial charge >= 0.3 is 12.2 Å². The van der Waals surface area contributed by atoms with Gasteiger partial charge in [-0.3, -0.25) is 15.2 Å². The normalized spacial score (nSPS) is 23.1. The molecule has 4 N–H and O–H groups in total. The third kappa shape index (κ3) is 2.90. The second kappa shape index (κ2) is 6.17. The number of fused-ring (bicyclic) bond motifs is 1. The van der Waals surface area contributed by atoms with Gasteiger partial charge in [-0.15, -0.1) is 0 Å². The van der Waals surface area contributed by atoms with Crippen LogP contribution in [0.4, 0.5) is 23.7 Å². The van der Waals surface area contributed by atoms with Crippen LogP contribution in [0.5, 0.6) is 0 Å². The Morgan fingerprint density at radius 2 is 1.93 bits per heavy atom. The van der Waals surface area contributed by atoms with Crippen molar-refractivity contribution < 1.29 is 23.1 Å². The van der Waals surface area contributed by atoms with Crippen molar-refractivity contribution in [1.82, 2.24) is 30.3 Å². The largest absolute Gasteiger partial charge is 0.417 e. The van der Waals surface area contributed by atoms with Gasteiger partial charge in [0.05, 0.1) is 29.3 Å². The molecule has 158 valence electrons. The van der Waals surface area contributed by atoms with Gasteiger partial charge in [-0.1, -0.05) is 0 Å². The Kier molecular flexibility index (Phi) is 3.88. The number of piperidine rings is 1. The molecule has 30 heavy (non-hydrogen) atoms. The van der Waals surface area contributed by atoms with Gasteiger partial charge in [0.1, 0.15) is 5.69 Å². The van der Waals surface area contributed by atoms with Gasteiger partial charge in [0, 0.05) is 36.5 Å². The number of H-pyrrole nitrogens is 2. The van der Waals surface area contributed by atoms with Crippen molar-refractivity contribution in [3.05, 3.63) is 24.7 Å². The number of pyridine rings is 1. The van der Waals surface area contributed by atoms with Gasteiger partial charge in [0.25, 0.3) is 0 Å². The van der Waals surface area contributed by atoms with Crippen molar-refractivity contribution in [3.63, 3.8) is 0 Å². The molecule has 5 rings (SSSR count). The molecule has 2 aliphatic rings. The van der Waals surface area contributed by atoms with Crippen molar-refractivity contribution in [2.75, 3.05) is 11.9 Å². The molecule has 1 atom stereocenters. The van der Waals surface area contributed by atoms with Gasteiger partial charge in [0.15, 0.2) is 5.60 Å². The Hall–Kier alpha value is -3.15. The molecule has 0 aromatic carbocycles. The molecular formula is C18H18F3N7O2. The number of nitrogens with one attached hydrogen (secondary N) is 3. The standard InChI is InChI=1S/C18H18F3N7O2/c19-18(20,21)17(30)3-4-28(16(9-17)1-2-16)15(29)25-13-8-24-27-14(13)12-5-11-10(6-22-12)7-23-26-11/h5-8,30H,1-4,9H2,(H,23,26)(H,24,27)(H,25,29). The van der Waals surface area contributed by atoms with Crippen LogP contribution < -0.4 is 5.32 Å². The Balaban J connectivity index is 1.37. The number of amides is 2. The summed E-state index contributed by atoms with van der Waals surface area (Å²) < 4.78 is 39.8. The highest BCUT2D eigenvalue weighted by molar-refractivity contribution is 5.94. The second-order valence-electron chi connectivity index (χ2n) is 7.95. The Morgan fingerprint density at radius 3 is 2.67 bits per heavy atom. The molecule has 1 aliphatic carbocycles. The number of carbonyl (C=O) groups is 1. The summed E-state index contributed by atoms with van der Waals surface area (Å²) >= 11 is 0. The first-order chi connectivity index (χ1) is 14.2. The predicted octanol–water partition coefficient (Wildman–Crippen LogP) is 2.80. The number of aromatic nitrogens is 5. The quantitative estimate of drug-likeness (QED) is 0.507. The lowest BCUT2D eigenvalue weighted by Gasteiger charge is -2.45. The van der Waals surface area contributed by atoms with Crippen molar-refractivity contribution in [2.24, 2.45) is 0 Å². The first kappa shape index (κ1) is 18.9. The molecule has 1 spiro atoms. The number of likely N-dealkylation sites (tertiary alicyclic amines) is 1. The summed E-state index contributed by atoms with van der Waals surface area (Å²) in [6.45, 7) is -0.187. The second-order valence-corrected chi connectivity index (χ2v) is 7.95. The Bertz CT molecular complexity index is 1120. The van der Waals surface area contributed by atoms with Crippen molar-refractivity contribution in [3.8, 4) is 11.4 Å². The Labute approximate surface area is 167 Å². The predicted molar refractivity (Wildman–Crippen MR) is 99.4 cm³/mol. The van der Waals surface area contributed by atoms with Gasteiger partial charge in [-0.25, -0.2) is 4.79 Å². The molecule has 0 bridgehead atoms. The average molecular weight is 421 g/mol. The number of halogens is 3. The fourth-order valence-electron chi connectivity index (χ4n) is 4.14. The summed E-state index contributed by atoms with van der Waals surface area (Å²) in [5.74, 6) is 0. The van der Waals surface area contributed by atoms with Gasteiger partial charge in [0.2, 0.25) is 0 Å². The smallest absolute Gasteiger partial charge is 0.380 e. The number of rotatable bonds is 2. The number of hydrogen-bond donors (Lipinski definition) is 4. The van der Waals surface area contributed by atoms with Gasteiger partial charge in [-0.2, -0.15) is 23.4 Å². The fourth-order valence-corrected chi connectivity index (χ4v) is 4.14. The lowest BCUT2D eigenvalue weighted by Crippen LogP contribution is -2.60. The number of anilines is 1. The number of aliphatic hydroxyl groups is 1. The van der Waals surface area contributed by atoms with Gasteiger partial charge in [-0.05, 0) is 18.9 Å². The molecule has 9 nitrogen and oxygen atoms in total. The molecule has 3 aromatic heterocycles. The van der Waals surface area contributed by atoms with Crippen LogP contribution >= 0.6 is 0 Å². The molecule has 2 amide bonds. The van der Waals surface area contributed by atoms with Crippen LogP contribution in [0.15, 0.2) is 24.7 Å². The van der Waals surface area contributed by atoms with E-state index in [0.717, 1.165) is 10.9 Å². The van der Waals surface area contributed by atoms with E-state index in [1.54, 1.807) is 18.5 Å². The maximum absolute atomic E-state index is 13.3. The van der Waals surface area contributed by atoms with Gasteiger partial charge < -0.3 is 15.3 Å². The number of carbonyl (C=O) groups excluding carboxylic acids is 1. The first-order valence-electron chi connectivity index (χ1n) is 9.41. The summed E-state index contributed by atoms with van der Waals surface area (Å²) in [6, 6.07) is 1.22. The minimum absolute atomic E-state index is 0.187. The summed E-state index contributed by atoms with van der Waals surface area (Å²) in [5, 5.41) is 27.2. The van der Waals surface area contributed by atoms with Crippen LogP contribution in [0.3, 0.4) is 0 Å².